The molecule has 0 bridgehead atoms. The second-order valence-corrected chi connectivity index (χ2v) is 4.25. The van der Waals surface area contributed by atoms with Gasteiger partial charge in [0.15, 0.2) is 6.10 Å². The van der Waals surface area contributed by atoms with Crippen LogP contribution in [0.4, 0.5) is 0 Å². The number of rotatable bonds is 7. The van der Waals surface area contributed by atoms with Crippen LogP contribution in [0.15, 0.2) is 24.3 Å². The highest BCUT2D eigenvalue weighted by Crippen LogP contribution is 2.17. The summed E-state index contributed by atoms with van der Waals surface area (Å²) in [5.41, 5.74) is 0.929. The second kappa shape index (κ2) is 8.15. The molecule has 0 amide bonds. The fraction of sp³-hybridized carbons (Fsp3) is 0.467. The average molecular weight is 261 g/mol. The first-order chi connectivity index (χ1) is 9.21. The first kappa shape index (κ1) is 15.0. The minimum atomic E-state index is -0.563. The second-order valence-electron chi connectivity index (χ2n) is 4.25. The van der Waals surface area contributed by atoms with Gasteiger partial charge in [0.25, 0.3) is 0 Å². The largest absolute Gasteiger partial charge is 0.479 e. The van der Waals surface area contributed by atoms with Crippen molar-refractivity contribution in [3.05, 3.63) is 29.8 Å². The summed E-state index contributed by atoms with van der Waals surface area (Å²) < 4.78 is 10.4. The number of unbranched alkanes of at least 4 members (excludes halogenated alkanes) is 1. The van der Waals surface area contributed by atoms with E-state index in [-0.39, 0.29) is 5.97 Å². The van der Waals surface area contributed by atoms with Crippen LogP contribution in [-0.4, -0.2) is 19.2 Å². The molecule has 0 aliphatic carbocycles. The van der Waals surface area contributed by atoms with Crippen LogP contribution < -0.4 is 4.74 Å². The molecule has 0 aliphatic heterocycles. The Bertz CT molecular complexity index is 434. The summed E-state index contributed by atoms with van der Waals surface area (Å²) in [6.07, 6.45) is 2.36. The summed E-state index contributed by atoms with van der Waals surface area (Å²) in [4.78, 5) is 11.6. The first-order valence-electron chi connectivity index (χ1n) is 6.41. The number of hydrogen-bond donors (Lipinski definition) is 0. The van der Waals surface area contributed by atoms with E-state index in [0.717, 1.165) is 18.4 Å². The maximum atomic E-state index is 11.6. The molecule has 0 aromatic heterocycles. The van der Waals surface area contributed by atoms with Crippen molar-refractivity contribution in [3.8, 4) is 11.8 Å². The molecule has 1 aromatic carbocycles. The number of carbonyl (C=O) groups excluding carboxylic acids is 1. The Hall–Kier alpha value is -2.02. The van der Waals surface area contributed by atoms with Gasteiger partial charge in [-0.25, -0.2) is 4.79 Å². The third-order valence-electron chi connectivity index (χ3n) is 2.77. The lowest BCUT2D eigenvalue weighted by atomic mass is 10.1. The Morgan fingerprint density at radius 1 is 1.37 bits per heavy atom. The molecule has 0 fully saturated rings. The Kier molecular flexibility index (Phi) is 6.45. The molecule has 1 rings (SSSR count). The van der Waals surface area contributed by atoms with E-state index in [1.54, 1.807) is 12.1 Å². The van der Waals surface area contributed by atoms with E-state index in [0.29, 0.717) is 18.6 Å². The lowest BCUT2D eigenvalue weighted by Gasteiger charge is -2.16. The molecule has 4 nitrogen and oxygen atoms in total. The predicted molar refractivity (Wildman–Crippen MR) is 71.7 cm³/mol. The van der Waals surface area contributed by atoms with E-state index in [1.165, 1.54) is 7.11 Å². The zero-order valence-electron chi connectivity index (χ0n) is 11.4. The number of nitrogens with zero attached hydrogens (tertiary/aromatic N) is 1. The van der Waals surface area contributed by atoms with Crippen molar-refractivity contribution in [1.29, 1.82) is 5.26 Å². The molecule has 0 heterocycles. The molecule has 0 radical (unpaired) electrons. The number of benzene rings is 1. The van der Waals surface area contributed by atoms with Crippen molar-refractivity contribution in [2.45, 2.75) is 38.7 Å². The fourth-order valence-electron chi connectivity index (χ4n) is 1.69. The summed E-state index contributed by atoms with van der Waals surface area (Å²) in [7, 11) is 1.36. The molecule has 0 N–H and O–H groups in total. The lowest BCUT2D eigenvalue weighted by molar-refractivity contribution is -0.149. The summed E-state index contributed by atoms with van der Waals surface area (Å²) in [6, 6.07) is 9.28. The molecule has 0 aliphatic rings. The number of ether oxygens (including phenoxy) is 2. The smallest absolute Gasteiger partial charge is 0.347 e. The highest BCUT2D eigenvalue weighted by atomic mass is 16.6. The molecule has 4 heteroatoms. The zero-order chi connectivity index (χ0) is 14.1. The van der Waals surface area contributed by atoms with Gasteiger partial charge < -0.3 is 9.47 Å². The Morgan fingerprint density at radius 3 is 2.58 bits per heavy atom. The summed E-state index contributed by atoms with van der Waals surface area (Å²) in [5.74, 6) is 0.266. The van der Waals surface area contributed by atoms with E-state index < -0.39 is 6.10 Å². The van der Waals surface area contributed by atoms with Crippen LogP contribution in [0.5, 0.6) is 5.75 Å². The van der Waals surface area contributed by atoms with Crippen molar-refractivity contribution >= 4 is 5.97 Å². The molecule has 19 heavy (non-hydrogen) atoms. The number of esters is 1. The topological polar surface area (TPSA) is 59.3 Å². The van der Waals surface area contributed by atoms with Crippen LogP contribution in [0.1, 0.15) is 31.7 Å². The zero-order valence-corrected chi connectivity index (χ0v) is 11.4. The van der Waals surface area contributed by atoms with Crippen molar-refractivity contribution in [3.63, 3.8) is 0 Å². The Labute approximate surface area is 113 Å². The average Bonchev–Trinajstić information content (AvgIpc) is 2.44. The Balaban J connectivity index is 2.67. The summed E-state index contributed by atoms with van der Waals surface area (Å²) >= 11 is 0. The van der Waals surface area contributed by atoms with Gasteiger partial charge in [0.05, 0.1) is 19.6 Å². The molecule has 102 valence electrons. The molecule has 0 saturated carbocycles. The van der Waals surface area contributed by atoms with Crippen LogP contribution in [0.25, 0.3) is 0 Å². The number of carbonyl (C=O) groups is 1. The summed E-state index contributed by atoms with van der Waals surface area (Å²) in [6.45, 7) is 2.06. The van der Waals surface area contributed by atoms with Crippen LogP contribution in [-0.2, 0) is 16.0 Å². The van der Waals surface area contributed by atoms with Crippen LogP contribution in [0.3, 0.4) is 0 Å². The van der Waals surface area contributed by atoms with E-state index in [2.05, 4.69) is 13.0 Å². The van der Waals surface area contributed by atoms with Crippen LogP contribution in [0.2, 0.25) is 0 Å². The van der Waals surface area contributed by atoms with Crippen LogP contribution >= 0.6 is 0 Å². The minimum absolute atomic E-state index is 0.352. The molecule has 1 aromatic rings. The lowest BCUT2D eigenvalue weighted by Crippen LogP contribution is -2.28. The predicted octanol–water partition coefficient (Wildman–Crippen LogP) is 2.86. The van der Waals surface area contributed by atoms with Gasteiger partial charge in [-0.1, -0.05) is 25.5 Å². The van der Waals surface area contributed by atoms with Gasteiger partial charge >= 0.3 is 5.97 Å². The maximum Gasteiger partial charge on any atom is 0.347 e. The van der Waals surface area contributed by atoms with E-state index in [9.17, 15) is 4.79 Å². The van der Waals surface area contributed by atoms with Gasteiger partial charge in [-0.2, -0.15) is 5.26 Å². The standard InChI is InChI=1S/C15H19NO3/c1-3-4-5-14(15(17)18-2)19-13-8-6-12(7-9-13)10-11-16/h6-9,14H,3-5,10H2,1-2H3. The van der Waals surface area contributed by atoms with Crippen molar-refractivity contribution < 1.29 is 14.3 Å². The van der Waals surface area contributed by atoms with Gasteiger partial charge in [-0.05, 0) is 30.5 Å². The van der Waals surface area contributed by atoms with Gasteiger partial charge in [0, 0.05) is 0 Å². The number of methoxy groups -OCH3 is 1. The SMILES string of the molecule is CCCCC(Oc1ccc(CC#N)cc1)C(=O)OC. The molecule has 1 atom stereocenters. The van der Waals surface area contributed by atoms with E-state index >= 15 is 0 Å². The van der Waals surface area contributed by atoms with Crippen LogP contribution in [0, 0.1) is 11.3 Å². The molecular formula is C15H19NO3. The minimum Gasteiger partial charge on any atom is -0.479 e. The number of hydrogen-bond acceptors (Lipinski definition) is 4. The molecule has 0 saturated heterocycles. The third-order valence-corrected chi connectivity index (χ3v) is 2.77. The van der Waals surface area contributed by atoms with Gasteiger partial charge in [-0.15, -0.1) is 0 Å². The fourth-order valence-corrected chi connectivity index (χ4v) is 1.69. The first-order valence-corrected chi connectivity index (χ1v) is 6.41. The monoisotopic (exact) mass is 261 g/mol. The van der Waals surface area contributed by atoms with Crippen molar-refractivity contribution in [2.75, 3.05) is 7.11 Å². The van der Waals surface area contributed by atoms with Gasteiger partial charge in [-0.3, -0.25) is 0 Å². The maximum absolute atomic E-state index is 11.6. The normalized spacial score (nSPS) is 11.4. The molecule has 0 spiro atoms. The van der Waals surface area contributed by atoms with Gasteiger partial charge in [0.2, 0.25) is 0 Å². The molecule has 1 unspecified atom stereocenters. The van der Waals surface area contributed by atoms with Crippen molar-refractivity contribution in [1.82, 2.24) is 0 Å². The Morgan fingerprint density at radius 2 is 2.05 bits per heavy atom. The van der Waals surface area contributed by atoms with Gasteiger partial charge in [0.1, 0.15) is 5.75 Å². The number of nitriles is 1. The third kappa shape index (κ3) is 5.01. The van der Waals surface area contributed by atoms with E-state index in [1.807, 2.05) is 12.1 Å². The molecular weight excluding hydrogens is 242 g/mol. The quantitative estimate of drug-likeness (QED) is 0.708. The highest BCUT2D eigenvalue weighted by molar-refractivity contribution is 5.74. The van der Waals surface area contributed by atoms with Crippen molar-refractivity contribution in [2.24, 2.45) is 0 Å². The van der Waals surface area contributed by atoms with E-state index in [4.69, 9.17) is 14.7 Å². The highest BCUT2D eigenvalue weighted by Gasteiger charge is 2.20. The summed E-state index contributed by atoms with van der Waals surface area (Å²) in [5, 5.41) is 8.59.